The predicted octanol–water partition coefficient (Wildman–Crippen LogP) is 3.48. The molecule has 1 aromatic carbocycles. The highest BCUT2D eigenvalue weighted by molar-refractivity contribution is 5.85. The van der Waals surface area contributed by atoms with Crippen molar-refractivity contribution in [2.24, 2.45) is 0 Å². The van der Waals surface area contributed by atoms with Gasteiger partial charge in [0, 0.05) is 19.7 Å². The van der Waals surface area contributed by atoms with Gasteiger partial charge in [-0.3, -0.25) is 0 Å². The molecule has 0 amide bonds. The minimum atomic E-state index is -0.209. The van der Waals surface area contributed by atoms with Crippen LogP contribution in [0.5, 0.6) is 0 Å². The second kappa shape index (κ2) is 5.56. The van der Waals surface area contributed by atoms with Gasteiger partial charge in [0.05, 0.1) is 6.26 Å². The van der Waals surface area contributed by atoms with Crippen molar-refractivity contribution in [1.82, 2.24) is 0 Å². The first-order valence-corrected chi connectivity index (χ1v) is 4.75. The molecule has 0 aliphatic rings. The summed E-state index contributed by atoms with van der Waals surface area (Å²) < 4.78 is 17.9. The molecule has 86 valence electrons. The maximum Gasteiger partial charge on any atom is 0.195 e. The zero-order valence-corrected chi connectivity index (χ0v) is 9.71. The molecule has 1 aromatic heterocycles. The minimum Gasteiger partial charge on any atom is -0.449 e. The molecule has 0 N–H and O–H groups in total. The Labute approximate surface area is 100 Å². The summed E-state index contributed by atoms with van der Waals surface area (Å²) in [6.07, 6.45) is 1.64. The number of hydrogen-bond donors (Lipinski definition) is 0. The Kier molecular flexibility index (Phi) is 4.38. The fourth-order valence-electron chi connectivity index (χ4n) is 1.43. The van der Waals surface area contributed by atoms with Crippen molar-refractivity contribution in [3.05, 3.63) is 54.0 Å². The zero-order chi connectivity index (χ0) is 10.7. The quantitative estimate of drug-likeness (QED) is 0.818. The fraction of sp³-hybridized carbons (Fsp3) is 0.167. The van der Waals surface area contributed by atoms with Crippen LogP contribution in [0, 0.1) is 5.82 Å². The van der Waals surface area contributed by atoms with Crippen molar-refractivity contribution in [2.45, 2.75) is 6.54 Å². The number of nitrogens with zero attached hydrogens (tertiary/aromatic N) is 1. The topological polar surface area (TPSA) is 16.4 Å². The van der Waals surface area contributed by atoms with E-state index in [1.165, 1.54) is 12.1 Å². The maximum atomic E-state index is 12.7. The minimum absolute atomic E-state index is 0. The summed E-state index contributed by atoms with van der Waals surface area (Å²) in [7, 11) is 1.93. The second-order valence-corrected chi connectivity index (χ2v) is 3.43. The van der Waals surface area contributed by atoms with Gasteiger partial charge in [-0.15, -0.1) is 12.4 Å². The van der Waals surface area contributed by atoms with Gasteiger partial charge in [-0.2, -0.15) is 0 Å². The molecule has 0 saturated heterocycles. The highest BCUT2D eigenvalue weighted by Gasteiger charge is 2.03. The third-order valence-corrected chi connectivity index (χ3v) is 2.22. The van der Waals surface area contributed by atoms with Gasteiger partial charge in [0.15, 0.2) is 5.88 Å². The van der Waals surface area contributed by atoms with Crippen LogP contribution in [-0.2, 0) is 6.54 Å². The van der Waals surface area contributed by atoms with Crippen LogP contribution >= 0.6 is 12.4 Å². The normalized spacial score (nSPS) is 9.62. The number of hydrogen-bond acceptors (Lipinski definition) is 2. The van der Waals surface area contributed by atoms with E-state index >= 15 is 0 Å². The van der Waals surface area contributed by atoms with Crippen LogP contribution in [0.25, 0.3) is 0 Å². The van der Waals surface area contributed by atoms with Crippen molar-refractivity contribution >= 4 is 18.3 Å². The first-order chi connectivity index (χ1) is 7.25. The van der Waals surface area contributed by atoms with Crippen LogP contribution in [0.1, 0.15) is 5.56 Å². The van der Waals surface area contributed by atoms with Crippen LogP contribution in [-0.4, -0.2) is 7.05 Å². The lowest BCUT2D eigenvalue weighted by molar-refractivity contribution is 0.554. The van der Waals surface area contributed by atoms with Gasteiger partial charge in [0.1, 0.15) is 5.82 Å². The van der Waals surface area contributed by atoms with Crippen molar-refractivity contribution in [1.29, 1.82) is 0 Å². The Morgan fingerprint density at radius 2 is 1.88 bits per heavy atom. The smallest absolute Gasteiger partial charge is 0.195 e. The lowest BCUT2D eigenvalue weighted by atomic mass is 10.2. The summed E-state index contributed by atoms with van der Waals surface area (Å²) in [6, 6.07) is 10.2. The van der Waals surface area contributed by atoms with E-state index in [9.17, 15) is 4.39 Å². The maximum absolute atomic E-state index is 12.7. The Bertz CT molecular complexity index is 413. The number of halogens is 2. The van der Waals surface area contributed by atoms with E-state index in [1.54, 1.807) is 18.4 Å². The zero-order valence-electron chi connectivity index (χ0n) is 8.89. The number of rotatable bonds is 3. The van der Waals surface area contributed by atoms with E-state index in [0.29, 0.717) is 6.54 Å². The van der Waals surface area contributed by atoms with Crippen molar-refractivity contribution in [3.63, 3.8) is 0 Å². The van der Waals surface area contributed by atoms with E-state index in [0.717, 1.165) is 11.4 Å². The summed E-state index contributed by atoms with van der Waals surface area (Å²) in [5, 5.41) is 0. The average molecular weight is 242 g/mol. The number of furan rings is 1. The number of anilines is 1. The molecule has 1 heterocycles. The molecule has 0 radical (unpaired) electrons. The Hall–Kier alpha value is -1.48. The summed E-state index contributed by atoms with van der Waals surface area (Å²) in [4.78, 5) is 1.97. The number of benzene rings is 1. The first-order valence-electron chi connectivity index (χ1n) is 4.75. The van der Waals surface area contributed by atoms with Crippen molar-refractivity contribution < 1.29 is 8.81 Å². The SMILES string of the molecule is CN(Cc1ccc(F)cc1)c1ccco1.Cl. The van der Waals surface area contributed by atoms with Crippen LogP contribution in [0.2, 0.25) is 0 Å². The van der Waals surface area contributed by atoms with Crippen LogP contribution in [0.4, 0.5) is 10.3 Å². The molecule has 0 aliphatic carbocycles. The van der Waals surface area contributed by atoms with E-state index < -0.39 is 0 Å². The molecular formula is C12H13ClFNO. The molecule has 0 bridgehead atoms. The van der Waals surface area contributed by atoms with Gasteiger partial charge in [0.25, 0.3) is 0 Å². The molecule has 2 nitrogen and oxygen atoms in total. The largest absolute Gasteiger partial charge is 0.449 e. The molecule has 0 unspecified atom stereocenters. The van der Waals surface area contributed by atoms with E-state index in [1.807, 2.05) is 24.1 Å². The van der Waals surface area contributed by atoms with Crippen molar-refractivity contribution in [2.75, 3.05) is 11.9 Å². The third-order valence-electron chi connectivity index (χ3n) is 2.22. The van der Waals surface area contributed by atoms with E-state index in [-0.39, 0.29) is 18.2 Å². The third kappa shape index (κ3) is 3.00. The molecule has 2 aromatic rings. The first kappa shape index (κ1) is 12.6. The Morgan fingerprint density at radius 1 is 1.19 bits per heavy atom. The summed E-state index contributed by atoms with van der Waals surface area (Å²) in [5.74, 6) is 0.596. The Morgan fingerprint density at radius 3 is 2.44 bits per heavy atom. The standard InChI is InChI=1S/C12H12FNO.ClH/c1-14(12-3-2-8-15-12)9-10-4-6-11(13)7-5-10;/h2-8H,9H2,1H3;1H. The second-order valence-electron chi connectivity index (χ2n) is 3.43. The van der Waals surface area contributed by atoms with Crippen LogP contribution < -0.4 is 4.90 Å². The van der Waals surface area contributed by atoms with E-state index in [2.05, 4.69) is 0 Å². The lowest BCUT2D eigenvalue weighted by Gasteiger charge is -2.15. The highest BCUT2D eigenvalue weighted by Crippen LogP contribution is 2.15. The van der Waals surface area contributed by atoms with Gasteiger partial charge in [0.2, 0.25) is 0 Å². The van der Waals surface area contributed by atoms with Crippen LogP contribution in [0.3, 0.4) is 0 Å². The van der Waals surface area contributed by atoms with Gasteiger partial charge in [-0.25, -0.2) is 4.39 Å². The molecule has 0 fully saturated rings. The molecule has 0 spiro atoms. The molecule has 16 heavy (non-hydrogen) atoms. The molecular weight excluding hydrogens is 229 g/mol. The van der Waals surface area contributed by atoms with E-state index in [4.69, 9.17) is 4.42 Å². The summed E-state index contributed by atoms with van der Waals surface area (Å²) >= 11 is 0. The lowest BCUT2D eigenvalue weighted by Crippen LogP contribution is -2.15. The van der Waals surface area contributed by atoms with Crippen LogP contribution in [0.15, 0.2) is 47.1 Å². The van der Waals surface area contributed by atoms with Gasteiger partial charge in [-0.1, -0.05) is 12.1 Å². The fourth-order valence-corrected chi connectivity index (χ4v) is 1.43. The van der Waals surface area contributed by atoms with Gasteiger partial charge in [-0.05, 0) is 23.8 Å². The summed E-state index contributed by atoms with van der Waals surface area (Å²) in [6.45, 7) is 0.702. The molecule has 4 heteroatoms. The van der Waals surface area contributed by atoms with Crippen molar-refractivity contribution in [3.8, 4) is 0 Å². The van der Waals surface area contributed by atoms with Gasteiger partial charge < -0.3 is 9.32 Å². The molecule has 2 rings (SSSR count). The predicted molar refractivity (Wildman–Crippen MR) is 64.5 cm³/mol. The monoisotopic (exact) mass is 241 g/mol. The molecule has 0 atom stereocenters. The molecule has 0 aliphatic heterocycles. The Balaban J connectivity index is 0.00000128. The summed E-state index contributed by atoms with van der Waals surface area (Å²) in [5.41, 5.74) is 1.05. The van der Waals surface area contributed by atoms with Gasteiger partial charge >= 0.3 is 0 Å². The molecule has 0 saturated carbocycles. The average Bonchev–Trinajstić information content (AvgIpc) is 2.74. The highest BCUT2D eigenvalue weighted by atomic mass is 35.5.